The smallest absolute Gasteiger partial charge is 0.252 e. The first kappa shape index (κ1) is 50.9. The SMILES string of the molecule is CC(C)(C)c1ccc2c(c1)c1cc(C(C)(C)C)ccc1n2-c1ccc(-c2nc(-c3ccccc3)cc(-c3ccccc3)n2)cc1-c1ccc(-c2ccc3c4c2N(c2ccccc2)c2ccccc2B4c2ccccc2N3c2ccccc2)cc1. The number of aromatic nitrogens is 3. The molecule has 402 valence electrons. The van der Waals surface area contributed by atoms with E-state index >= 15 is 0 Å². The molecule has 2 aromatic heterocycles. The summed E-state index contributed by atoms with van der Waals surface area (Å²) in [6, 6.07) is 97.9. The van der Waals surface area contributed by atoms with E-state index in [0.29, 0.717) is 5.82 Å². The van der Waals surface area contributed by atoms with Gasteiger partial charge in [0.15, 0.2) is 5.82 Å². The maximum absolute atomic E-state index is 5.37. The lowest BCUT2D eigenvalue weighted by Crippen LogP contribution is -2.61. The lowest BCUT2D eigenvalue weighted by Gasteiger charge is -2.45. The summed E-state index contributed by atoms with van der Waals surface area (Å²) >= 11 is 0. The summed E-state index contributed by atoms with van der Waals surface area (Å²) in [7, 11) is 0. The number of benzene rings is 11. The maximum atomic E-state index is 5.37. The standard InChI is InChI=1S/C78H62BN5/c1-77(2,3)56-40-44-69-62(48-56)63-49-57(78(4,5)6)41-45-70(63)84(69)68-43-39-55(76-80-66(53-23-11-7-12-24-53)50-67(81-76)54-25-13-8-14-26-54)47-61(68)52-37-35-51(36-38-52)60-42-46-73-74-75(60)83(59-29-17-10-18-30-59)72-34-22-20-32-65(72)79(74)64-31-19-21-33-71(64)82(73)58-27-15-9-16-28-58/h7-50H,1-6H3. The summed E-state index contributed by atoms with van der Waals surface area (Å²) in [6.07, 6.45) is 0. The Bertz CT molecular complexity index is 4530. The fourth-order valence-corrected chi connectivity index (χ4v) is 13.1. The first-order chi connectivity index (χ1) is 40.9. The van der Waals surface area contributed by atoms with Gasteiger partial charge in [-0.2, -0.15) is 0 Å². The highest BCUT2D eigenvalue weighted by Crippen LogP contribution is 2.49. The van der Waals surface area contributed by atoms with Crippen LogP contribution in [0, 0.1) is 0 Å². The molecular formula is C78H62BN5. The molecule has 0 amide bonds. The summed E-state index contributed by atoms with van der Waals surface area (Å²) in [4.78, 5) is 15.7. The Balaban J connectivity index is 0.965. The minimum atomic E-state index is -0.0313. The molecule has 0 atom stereocenters. The van der Waals surface area contributed by atoms with Gasteiger partial charge in [-0.05, 0) is 140 Å². The second kappa shape index (κ2) is 19.9. The van der Waals surface area contributed by atoms with Gasteiger partial charge in [-0.25, -0.2) is 9.97 Å². The van der Waals surface area contributed by atoms with Crippen molar-refractivity contribution in [1.29, 1.82) is 0 Å². The number of fused-ring (bicyclic) bond motifs is 7. The van der Waals surface area contributed by atoms with Gasteiger partial charge >= 0.3 is 0 Å². The van der Waals surface area contributed by atoms with E-state index in [0.717, 1.165) is 67.4 Å². The van der Waals surface area contributed by atoms with Gasteiger partial charge in [0.25, 0.3) is 6.71 Å². The van der Waals surface area contributed by atoms with Crippen molar-refractivity contribution in [2.24, 2.45) is 0 Å². The molecule has 4 heterocycles. The molecule has 0 spiro atoms. The van der Waals surface area contributed by atoms with Crippen molar-refractivity contribution in [3.05, 3.63) is 278 Å². The van der Waals surface area contributed by atoms with Crippen LogP contribution in [0.5, 0.6) is 0 Å². The highest BCUT2D eigenvalue weighted by atomic mass is 15.2. The Kier molecular flexibility index (Phi) is 12.0. The number of para-hydroxylation sites is 4. The topological polar surface area (TPSA) is 37.2 Å². The Hall–Kier alpha value is -10.0. The van der Waals surface area contributed by atoms with E-state index in [2.05, 4.69) is 323 Å². The van der Waals surface area contributed by atoms with Crippen LogP contribution in [0.4, 0.5) is 34.1 Å². The molecule has 0 saturated heterocycles. The quantitative estimate of drug-likeness (QED) is 0.142. The van der Waals surface area contributed by atoms with Crippen LogP contribution in [0.3, 0.4) is 0 Å². The fourth-order valence-electron chi connectivity index (χ4n) is 13.1. The third-order valence-electron chi connectivity index (χ3n) is 17.3. The summed E-state index contributed by atoms with van der Waals surface area (Å²) < 4.78 is 2.49. The van der Waals surface area contributed by atoms with E-state index in [-0.39, 0.29) is 17.5 Å². The van der Waals surface area contributed by atoms with Crippen molar-refractivity contribution in [2.75, 3.05) is 9.80 Å². The largest absolute Gasteiger partial charge is 0.311 e. The fraction of sp³-hybridized carbons (Fsp3) is 0.103. The van der Waals surface area contributed by atoms with Gasteiger partial charge in [0.2, 0.25) is 0 Å². The highest BCUT2D eigenvalue weighted by molar-refractivity contribution is 7.00. The maximum Gasteiger partial charge on any atom is 0.252 e. The van der Waals surface area contributed by atoms with Crippen LogP contribution >= 0.6 is 0 Å². The zero-order chi connectivity index (χ0) is 56.8. The highest BCUT2D eigenvalue weighted by Gasteiger charge is 2.44. The molecule has 0 radical (unpaired) electrons. The Morgan fingerprint density at radius 2 is 0.774 bits per heavy atom. The van der Waals surface area contributed by atoms with E-state index in [1.54, 1.807) is 0 Å². The van der Waals surface area contributed by atoms with E-state index in [9.17, 15) is 0 Å². The van der Waals surface area contributed by atoms with Crippen molar-refractivity contribution in [2.45, 2.75) is 52.4 Å². The van der Waals surface area contributed by atoms with Crippen LogP contribution in [0.25, 0.3) is 83.6 Å². The monoisotopic (exact) mass is 1080 g/mol. The number of nitrogens with zero attached hydrogens (tertiary/aromatic N) is 5. The van der Waals surface area contributed by atoms with Crippen LogP contribution in [0.15, 0.2) is 267 Å². The van der Waals surface area contributed by atoms with Crippen LogP contribution in [0.1, 0.15) is 52.7 Å². The number of hydrogen-bond acceptors (Lipinski definition) is 4. The first-order valence-corrected chi connectivity index (χ1v) is 29.3. The Labute approximate surface area is 492 Å². The molecule has 0 bridgehead atoms. The molecule has 2 aliphatic heterocycles. The molecule has 15 rings (SSSR count). The minimum Gasteiger partial charge on any atom is -0.311 e. The Morgan fingerprint density at radius 3 is 1.30 bits per heavy atom. The third kappa shape index (κ3) is 8.54. The molecule has 11 aromatic carbocycles. The lowest BCUT2D eigenvalue weighted by molar-refractivity contribution is 0.590. The molecule has 0 fully saturated rings. The van der Waals surface area contributed by atoms with E-state index in [4.69, 9.17) is 9.97 Å². The molecule has 5 nitrogen and oxygen atoms in total. The predicted octanol–water partition coefficient (Wildman–Crippen LogP) is 18.6. The average Bonchev–Trinajstić information content (AvgIpc) is 1.34. The summed E-state index contributed by atoms with van der Waals surface area (Å²) in [5.74, 6) is 0.668. The second-order valence-corrected chi connectivity index (χ2v) is 24.6. The zero-order valence-electron chi connectivity index (χ0n) is 48.2. The van der Waals surface area contributed by atoms with Crippen molar-refractivity contribution < 1.29 is 0 Å². The summed E-state index contributed by atoms with van der Waals surface area (Å²) in [5.41, 5.74) is 26.1. The van der Waals surface area contributed by atoms with E-state index in [1.165, 1.54) is 72.1 Å². The normalized spacial score (nSPS) is 12.8. The predicted molar refractivity (Wildman–Crippen MR) is 355 cm³/mol. The Morgan fingerprint density at radius 1 is 0.333 bits per heavy atom. The van der Waals surface area contributed by atoms with E-state index in [1.807, 2.05) is 0 Å². The molecule has 2 aliphatic rings. The summed E-state index contributed by atoms with van der Waals surface area (Å²) in [6.45, 7) is 13.8. The number of rotatable bonds is 8. The van der Waals surface area contributed by atoms with Crippen molar-refractivity contribution in [1.82, 2.24) is 14.5 Å². The minimum absolute atomic E-state index is 0.00189. The number of hydrogen-bond donors (Lipinski definition) is 0. The van der Waals surface area contributed by atoms with Gasteiger partial charge in [-0.3, -0.25) is 0 Å². The molecular weight excluding hydrogens is 1020 g/mol. The molecule has 84 heavy (non-hydrogen) atoms. The number of anilines is 6. The van der Waals surface area contributed by atoms with Crippen molar-refractivity contribution in [3.63, 3.8) is 0 Å². The van der Waals surface area contributed by atoms with E-state index < -0.39 is 0 Å². The molecule has 6 heteroatoms. The molecule has 0 saturated carbocycles. The molecule has 13 aromatic rings. The second-order valence-electron chi connectivity index (χ2n) is 24.6. The van der Waals surface area contributed by atoms with Gasteiger partial charge < -0.3 is 14.4 Å². The third-order valence-corrected chi connectivity index (χ3v) is 17.3. The van der Waals surface area contributed by atoms with Gasteiger partial charge in [0.05, 0.1) is 33.8 Å². The van der Waals surface area contributed by atoms with Gasteiger partial charge in [-0.1, -0.05) is 217 Å². The van der Waals surface area contributed by atoms with Crippen molar-refractivity contribution in [3.8, 4) is 61.8 Å². The van der Waals surface area contributed by atoms with Gasteiger partial charge in [0.1, 0.15) is 0 Å². The van der Waals surface area contributed by atoms with Crippen LogP contribution in [0.2, 0.25) is 0 Å². The summed E-state index contributed by atoms with van der Waals surface area (Å²) in [5, 5.41) is 2.50. The molecule has 0 aliphatic carbocycles. The van der Waals surface area contributed by atoms with Crippen LogP contribution < -0.4 is 26.2 Å². The van der Waals surface area contributed by atoms with Gasteiger partial charge in [0, 0.05) is 67.0 Å². The zero-order valence-corrected chi connectivity index (χ0v) is 48.2. The molecule has 0 N–H and O–H groups in total. The van der Waals surface area contributed by atoms with Crippen LogP contribution in [-0.2, 0) is 10.8 Å². The van der Waals surface area contributed by atoms with Crippen LogP contribution in [-0.4, -0.2) is 21.2 Å². The first-order valence-electron chi connectivity index (χ1n) is 29.3. The molecule has 0 unspecified atom stereocenters. The lowest BCUT2D eigenvalue weighted by atomic mass is 9.33. The average molecular weight is 1080 g/mol. The van der Waals surface area contributed by atoms with Gasteiger partial charge in [-0.15, -0.1) is 0 Å². The van der Waals surface area contributed by atoms with Crippen molar-refractivity contribution >= 4 is 79.0 Å².